The first-order valence-electron chi connectivity index (χ1n) is 7.16. The van der Waals surface area contributed by atoms with Crippen LogP contribution in [0.2, 0.25) is 5.02 Å². The number of amides is 2. The zero-order valence-electron chi connectivity index (χ0n) is 13.2. The van der Waals surface area contributed by atoms with Crippen LogP contribution in [0.15, 0.2) is 23.1 Å². The highest BCUT2D eigenvalue weighted by Crippen LogP contribution is 2.22. The van der Waals surface area contributed by atoms with Gasteiger partial charge in [-0.3, -0.25) is 14.4 Å². The molecule has 10 heteroatoms. The molecule has 1 saturated carbocycles. The number of hydrogen-bond acceptors (Lipinski definition) is 5. The van der Waals surface area contributed by atoms with E-state index in [-0.39, 0.29) is 34.0 Å². The largest absolute Gasteiger partial charge is 0.352 e. The molecular weight excluding hydrogens is 358 g/mol. The number of sulfonamides is 1. The Bertz CT molecular complexity index is 749. The maximum absolute atomic E-state index is 12.2. The van der Waals surface area contributed by atoms with Gasteiger partial charge in [0.1, 0.15) is 0 Å². The number of carbonyl (C=O) groups excluding carboxylic acids is 2. The van der Waals surface area contributed by atoms with Crippen molar-refractivity contribution in [3.05, 3.63) is 28.8 Å². The molecule has 0 heterocycles. The van der Waals surface area contributed by atoms with Crippen molar-refractivity contribution in [3.8, 4) is 0 Å². The van der Waals surface area contributed by atoms with E-state index < -0.39 is 15.9 Å². The second-order valence-corrected chi connectivity index (χ2v) is 7.61. The van der Waals surface area contributed by atoms with Gasteiger partial charge >= 0.3 is 0 Å². The van der Waals surface area contributed by atoms with Crippen molar-refractivity contribution in [3.63, 3.8) is 0 Å². The molecule has 24 heavy (non-hydrogen) atoms. The smallest absolute Gasteiger partial charge is 0.264 e. The quantitative estimate of drug-likeness (QED) is 0.676. The van der Waals surface area contributed by atoms with Gasteiger partial charge in [-0.05, 0) is 31.0 Å². The number of rotatable bonds is 7. The predicted molar refractivity (Wildman–Crippen MR) is 86.9 cm³/mol. The number of nitrogens with one attached hydrogen (secondary N) is 2. The lowest BCUT2D eigenvalue weighted by Crippen LogP contribution is -2.38. The number of hydrogen-bond donors (Lipinski definition) is 2. The summed E-state index contributed by atoms with van der Waals surface area (Å²) in [7, 11) is -1.47. The van der Waals surface area contributed by atoms with Crippen molar-refractivity contribution in [2.45, 2.75) is 23.8 Å². The summed E-state index contributed by atoms with van der Waals surface area (Å²) in [4.78, 5) is 28.3. The van der Waals surface area contributed by atoms with Crippen LogP contribution in [-0.4, -0.2) is 51.4 Å². The van der Waals surface area contributed by atoms with E-state index in [1.807, 2.05) is 0 Å². The van der Waals surface area contributed by atoms with Crippen LogP contribution in [0, 0.1) is 0 Å². The van der Waals surface area contributed by atoms with Gasteiger partial charge in [-0.15, -0.1) is 0 Å². The van der Waals surface area contributed by atoms with E-state index >= 15 is 0 Å². The topological polar surface area (TPSA) is 105 Å². The lowest BCUT2D eigenvalue weighted by molar-refractivity contribution is -0.120. The molecular formula is C14H18ClN3O5S. The molecule has 0 spiro atoms. The first-order valence-corrected chi connectivity index (χ1v) is 8.97. The minimum absolute atomic E-state index is 0.0403. The van der Waals surface area contributed by atoms with Crippen molar-refractivity contribution in [1.29, 1.82) is 0 Å². The molecule has 0 saturated heterocycles. The molecule has 2 N–H and O–H groups in total. The average Bonchev–Trinajstić information content (AvgIpc) is 3.35. The minimum atomic E-state index is -3.91. The first-order chi connectivity index (χ1) is 11.3. The van der Waals surface area contributed by atoms with Crippen LogP contribution < -0.4 is 10.6 Å². The number of nitrogens with zero attached hydrogens (tertiary/aromatic N) is 1. The molecule has 132 valence electrons. The highest BCUT2D eigenvalue weighted by Gasteiger charge is 2.25. The highest BCUT2D eigenvalue weighted by atomic mass is 35.5. The van der Waals surface area contributed by atoms with Crippen LogP contribution in [-0.2, 0) is 19.7 Å². The Morgan fingerprint density at radius 1 is 1.38 bits per heavy atom. The molecule has 0 bridgehead atoms. The van der Waals surface area contributed by atoms with Crippen LogP contribution in [0.5, 0.6) is 0 Å². The van der Waals surface area contributed by atoms with Gasteiger partial charge in [-0.25, -0.2) is 8.42 Å². The SMILES string of the molecule is CON(C)S(=O)(=O)c1ccc(Cl)c(C(=O)NCC(=O)NC2CC2)c1. The Balaban J connectivity index is 2.12. The zero-order chi connectivity index (χ0) is 17.9. The van der Waals surface area contributed by atoms with Gasteiger partial charge in [-0.1, -0.05) is 16.1 Å². The summed E-state index contributed by atoms with van der Waals surface area (Å²) < 4.78 is 25.1. The molecule has 1 aliphatic carbocycles. The van der Waals surface area contributed by atoms with E-state index in [1.165, 1.54) is 26.3 Å². The average molecular weight is 376 g/mol. The number of hydroxylamine groups is 1. The molecule has 1 aromatic carbocycles. The number of halogens is 1. The van der Waals surface area contributed by atoms with Gasteiger partial charge in [0.05, 0.1) is 29.1 Å². The van der Waals surface area contributed by atoms with E-state index in [2.05, 4.69) is 15.5 Å². The predicted octanol–water partition coefficient (Wildman–Crippen LogP) is 0.530. The zero-order valence-corrected chi connectivity index (χ0v) is 14.8. The Labute approximate surface area is 145 Å². The fourth-order valence-corrected chi connectivity index (χ4v) is 3.05. The fourth-order valence-electron chi connectivity index (χ4n) is 1.85. The third kappa shape index (κ3) is 4.44. The minimum Gasteiger partial charge on any atom is -0.352 e. The molecule has 2 rings (SSSR count). The molecule has 0 unspecified atom stereocenters. The lowest BCUT2D eigenvalue weighted by Gasteiger charge is -2.15. The molecule has 1 aromatic rings. The summed E-state index contributed by atoms with van der Waals surface area (Å²) in [6, 6.07) is 3.90. The summed E-state index contributed by atoms with van der Waals surface area (Å²) in [5.41, 5.74) is -0.0403. The van der Waals surface area contributed by atoms with Crippen molar-refractivity contribution in [1.82, 2.24) is 15.1 Å². The third-order valence-corrected chi connectivity index (χ3v) is 5.43. The summed E-state index contributed by atoms with van der Waals surface area (Å²) in [6.07, 6.45) is 1.89. The van der Waals surface area contributed by atoms with Gasteiger partial charge in [0.15, 0.2) is 0 Å². The van der Waals surface area contributed by atoms with Gasteiger partial charge in [0, 0.05) is 13.1 Å². The van der Waals surface area contributed by atoms with E-state index in [0.29, 0.717) is 4.47 Å². The highest BCUT2D eigenvalue weighted by molar-refractivity contribution is 7.89. The number of carbonyl (C=O) groups is 2. The summed E-state index contributed by atoms with van der Waals surface area (Å²) in [5, 5.41) is 5.23. The summed E-state index contributed by atoms with van der Waals surface area (Å²) in [6.45, 7) is -0.208. The van der Waals surface area contributed by atoms with Crippen LogP contribution in [0.1, 0.15) is 23.2 Å². The third-order valence-electron chi connectivity index (χ3n) is 3.43. The second kappa shape index (κ2) is 7.47. The molecule has 0 aliphatic heterocycles. The Kier molecular flexibility index (Phi) is 5.81. The lowest BCUT2D eigenvalue weighted by atomic mass is 10.2. The van der Waals surface area contributed by atoms with E-state index in [1.54, 1.807) is 0 Å². The van der Waals surface area contributed by atoms with Gasteiger partial charge in [-0.2, -0.15) is 0 Å². The number of benzene rings is 1. The van der Waals surface area contributed by atoms with Crippen LogP contribution >= 0.6 is 11.6 Å². The molecule has 8 nitrogen and oxygen atoms in total. The monoisotopic (exact) mass is 375 g/mol. The fraction of sp³-hybridized carbons (Fsp3) is 0.429. The summed E-state index contributed by atoms with van der Waals surface area (Å²) >= 11 is 5.96. The maximum Gasteiger partial charge on any atom is 0.264 e. The Morgan fingerprint density at radius 2 is 2.04 bits per heavy atom. The van der Waals surface area contributed by atoms with Gasteiger partial charge in [0.2, 0.25) is 5.91 Å². The van der Waals surface area contributed by atoms with E-state index in [0.717, 1.165) is 18.9 Å². The second-order valence-electron chi connectivity index (χ2n) is 5.26. The van der Waals surface area contributed by atoms with Crippen LogP contribution in [0.4, 0.5) is 0 Å². The van der Waals surface area contributed by atoms with E-state index in [4.69, 9.17) is 11.6 Å². The van der Waals surface area contributed by atoms with E-state index in [9.17, 15) is 18.0 Å². The molecule has 1 aliphatic rings. The molecule has 2 amide bonds. The van der Waals surface area contributed by atoms with Crippen LogP contribution in [0.3, 0.4) is 0 Å². The van der Waals surface area contributed by atoms with Crippen molar-refractivity contribution < 1.29 is 22.8 Å². The normalized spacial score (nSPS) is 14.5. The summed E-state index contributed by atoms with van der Waals surface area (Å²) in [5.74, 6) is -0.937. The maximum atomic E-state index is 12.2. The standard InChI is InChI=1S/C14H18ClN3O5S/c1-18(23-2)24(21,22)10-5-6-12(15)11(7-10)14(20)16-8-13(19)17-9-3-4-9/h5-7,9H,3-4,8H2,1-2H3,(H,16,20)(H,17,19). The molecule has 0 radical (unpaired) electrons. The molecule has 0 aromatic heterocycles. The first kappa shape index (κ1) is 18.7. The Hall–Kier alpha value is -1.68. The van der Waals surface area contributed by atoms with Crippen molar-refractivity contribution in [2.75, 3.05) is 20.7 Å². The molecule has 0 atom stereocenters. The Morgan fingerprint density at radius 3 is 2.62 bits per heavy atom. The van der Waals surface area contributed by atoms with Crippen molar-refractivity contribution in [2.24, 2.45) is 0 Å². The van der Waals surface area contributed by atoms with Gasteiger partial charge in [0.25, 0.3) is 15.9 Å². The van der Waals surface area contributed by atoms with Crippen molar-refractivity contribution >= 4 is 33.4 Å². The van der Waals surface area contributed by atoms with Gasteiger partial charge < -0.3 is 10.6 Å². The molecule has 1 fully saturated rings. The van der Waals surface area contributed by atoms with Crippen LogP contribution in [0.25, 0.3) is 0 Å².